The summed E-state index contributed by atoms with van der Waals surface area (Å²) in [6, 6.07) is 15.6. The molecule has 0 spiro atoms. The highest BCUT2D eigenvalue weighted by Gasteiger charge is 2.16. The van der Waals surface area contributed by atoms with Crippen molar-refractivity contribution in [2.75, 3.05) is 30.5 Å². The monoisotopic (exact) mass is 408 g/mol. The Hall–Kier alpha value is -3.94. The van der Waals surface area contributed by atoms with Crippen molar-refractivity contribution in [3.05, 3.63) is 72.2 Å². The van der Waals surface area contributed by atoms with E-state index in [1.165, 1.54) is 0 Å². The highest BCUT2D eigenvalue weighted by atomic mass is 16.6. The zero-order valence-electron chi connectivity index (χ0n) is 16.1. The second-order valence-electron chi connectivity index (χ2n) is 6.46. The van der Waals surface area contributed by atoms with Gasteiger partial charge < -0.3 is 29.3 Å². The predicted molar refractivity (Wildman–Crippen MR) is 109 cm³/mol. The lowest BCUT2D eigenvalue weighted by molar-refractivity contribution is -0.119. The Bertz CT molecular complexity index is 1030. The lowest BCUT2D eigenvalue weighted by Crippen LogP contribution is -2.22. The normalized spacial score (nSPS) is 12.1. The van der Waals surface area contributed by atoms with E-state index in [-0.39, 0.29) is 0 Å². The Morgan fingerprint density at radius 2 is 1.80 bits per heavy atom. The molecule has 0 bridgehead atoms. The van der Waals surface area contributed by atoms with Crippen LogP contribution >= 0.6 is 0 Å². The third-order valence-electron chi connectivity index (χ3n) is 4.34. The van der Waals surface area contributed by atoms with Crippen molar-refractivity contribution in [3.63, 3.8) is 0 Å². The van der Waals surface area contributed by atoms with E-state index in [0.717, 1.165) is 5.76 Å². The second-order valence-corrected chi connectivity index (χ2v) is 6.46. The Balaban J connectivity index is 1.32. The van der Waals surface area contributed by atoms with Gasteiger partial charge >= 0.3 is 5.97 Å². The van der Waals surface area contributed by atoms with Gasteiger partial charge in [-0.2, -0.15) is 0 Å². The molecule has 8 nitrogen and oxygen atoms in total. The summed E-state index contributed by atoms with van der Waals surface area (Å²) in [6.45, 7) is 0.948. The van der Waals surface area contributed by atoms with Crippen molar-refractivity contribution in [3.8, 4) is 11.5 Å². The van der Waals surface area contributed by atoms with Crippen molar-refractivity contribution in [1.82, 2.24) is 0 Å². The van der Waals surface area contributed by atoms with Crippen LogP contribution in [0.15, 0.2) is 65.3 Å². The quantitative estimate of drug-likeness (QED) is 0.578. The number of para-hydroxylation sites is 1. The van der Waals surface area contributed by atoms with E-state index in [9.17, 15) is 9.59 Å². The average molecular weight is 408 g/mol. The van der Waals surface area contributed by atoms with Crippen LogP contribution in [0.1, 0.15) is 16.1 Å². The van der Waals surface area contributed by atoms with E-state index in [2.05, 4.69) is 10.6 Å². The van der Waals surface area contributed by atoms with Gasteiger partial charge in [-0.25, -0.2) is 4.79 Å². The standard InChI is InChI=1S/C22H20N2O6/c25-21(24-15-7-8-19-20(12-15)29-11-10-28-19)14-30-22(26)17-5-1-2-6-18(17)23-13-16-4-3-9-27-16/h1-9,12,23H,10-11,13-14H2,(H,24,25). The number of rotatable bonds is 7. The maximum atomic E-state index is 12.5. The first-order valence-electron chi connectivity index (χ1n) is 9.41. The van der Waals surface area contributed by atoms with E-state index in [1.807, 2.05) is 6.07 Å². The summed E-state index contributed by atoms with van der Waals surface area (Å²) >= 11 is 0. The summed E-state index contributed by atoms with van der Waals surface area (Å²) in [5.41, 5.74) is 1.45. The van der Waals surface area contributed by atoms with E-state index in [1.54, 1.807) is 54.8 Å². The van der Waals surface area contributed by atoms with Gasteiger partial charge in [0.1, 0.15) is 19.0 Å². The van der Waals surface area contributed by atoms with Crippen LogP contribution in [-0.4, -0.2) is 31.7 Å². The molecule has 4 rings (SSSR count). The van der Waals surface area contributed by atoms with Crippen LogP contribution in [0.4, 0.5) is 11.4 Å². The smallest absolute Gasteiger partial charge is 0.340 e. The summed E-state index contributed by atoms with van der Waals surface area (Å²) in [5.74, 6) is 0.866. The maximum absolute atomic E-state index is 12.5. The van der Waals surface area contributed by atoms with Crippen LogP contribution in [-0.2, 0) is 16.1 Å². The number of ether oxygens (including phenoxy) is 3. The molecule has 8 heteroatoms. The third-order valence-corrected chi connectivity index (χ3v) is 4.34. The number of hydrogen-bond donors (Lipinski definition) is 2. The first-order valence-corrected chi connectivity index (χ1v) is 9.41. The SMILES string of the molecule is O=C(COC(=O)c1ccccc1NCc1ccco1)Nc1ccc2c(c1)OCCO2. The van der Waals surface area contributed by atoms with Gasteiger partial charge in [-0.3, -0.25) is 4.79 Å². The first kappa shape index (κ1) is 19.4. The zero-order valence-corrected chi connectivity index (χ0v) is 16.1. The molecule has 1 aliphatic heterocycles. The van der Waals surface area contributed by atoms with E-state index >= 15 is 0 Å². The molecule has 0 atom stereocenters. The van der Waals surface area contributed by atoms with Gasteiger partial charge in [0.05, 0.1) is 18.4 Å². The van der Waals surface area contributed by atoms with Crippen LogP contribution < -0.4 is 20.1 Å². The van der Waals surface area contributed by atoms with Crippen LogP contribution in [0.2, 0.25) is 0 Å². The highest BCUT2D eigenvalue weighted by Crippen LogP contribution is 2.32. The summed E-state index contributed by atoms with van der Waals surface area (Å²) in [4.78, 5) is 24.7. The highest BCUT2D eigenvalue weighted by molar-refractivity contribution is 5.98. The van der Waals surface area contributed by atoms with Crippen molar-refractivity contribution >= 4 is 23.3 Å². The summed E-state index contributed by atoms with van der Waals surface area (Å²) in [5, 5.41) is 5.81. The van der Waals surface area contributed by atoms with Gasteiger partial charge in [0, 0.05) is 17.4 Å². The molecule has 0 saturated carbocycles. The van der Waals surface area contributed by atoms with Gasteiger partial charge in [-0.15, -0.1) is 0 Å². The molecular weight excluding hydrogens is 388 g/mol. The van der Waals surface area contributed by atoms with E-state index in [4.69, 9.17) is 18.6 Å². The van der Waals surface area contributed by atoms with Gasteiger partial charge in [-0.05, 0) is 36.4 Å². The molecule has 1 amide bonds. The zero-order chi connectivity index (χ0) is 20.8. The molecule has 154 valence electrons. The topological polar surface area (TPSA) is 99.0 Å². The fourth-order valence-corrected chi connectivity index (χ4v) is 2.94. The van der Waals surface area contributed by atoms with Crippen molar-refractivity contribution in [1.29, 1.82) is 0 Å². The summed E-state index contributed by atoms with van der Waals surface area (Å²) in [7, 11) is 0. The predicted octanol–water partition coefficient (Wildman–Crippen LogP) is 3.46. The minimum absolute atomic E-state index is 0.330. The van der Waals surface area contributed by atoms with Crippen molar-refractivity contribution in [2.45, 2.75) is 6.54 Å². The number of carbonyl (C=O) groups is 2. The lowest BCUT2D eigenvalue weighted by atomic mass is 10.2. The lowest BCUT2D eigenvalue weighted by Gasteiger charge is -2.19. The van der Waals surface area contributed by atoms with Crippen molar-refractivity contribution in [2.24, 2.45) is 0 Å². The molecule has 2 heterocycles. The maximum Gasteiger partial charge on any atom is 0.340 e. The second kappa shape index (κ2) is 9.04. The molecule has 30 heavy (non-hydrogen) atoms. The van der Waals surface area contributed by atoms with Crippen LogP contribution in [0.5, 0.6) is 11.5 Å². The third kappa shape index (κ3) is 4.72. The van der Waals surface area contributed by atoms with Gasteiger partial charge in [0.25, 0.3) is 5.91 Å². The Kier molecular flexibility index (Phi) is 5.84. The van der Waals surface area contributed by atoms with E-state index < -0.39 is 18.5 Å². The number of hydrogen-bond acceptors (Lipinski definition) is 7. The molecule has 1 aliphatic rings. The van der Waals surface area contributed by atoms with Crippen LogP contribution in [0.25, 0.3) is 0 Å². The molecule has 1 aromatic heterocycles. The number of fused-ring (bicyclic) bond motifs is 1. The molecule has 0 aliphatic carbocycles. The fraction of sp³-hybridized carbons (Fsp3) is 0.182. The van der Waals surface area contributed by atoms with E-state index in [0.29, 0.717) is 48.2 Å². The number of nitrogens with one attached hydrogen (secondary N) is 2. The Morgan fingerprint density at radius 3 is 2.63 bits per heavy atom. The van der Waals surface area contributed by atoms with Gasteiger partial charge in [0.15, 0.2) is 18.1 Å². The Labute approximate surface area is 172 Å². The molecule has 0 saturated heterocycles. The molecule has 0 radical (unpaired) electrons. The number of anilines is 2. The molecule has 3 aromatic rings. The number of carbonyl (C=O) groups excluding carboxylic acids is 2. The summed E-state index contributed by atoms with van der Waals surface area (Å²) < 4.78 is 21.4. The molecule has 0 fully saturated rings. The van der Waals surface area contributed by atoms with Crippen LogP contribution in [0, 0.1) is 0 Å². The molecule has 2 aromatic carbocycles. The number of amides is 1. The minimum Gasteiger partial charge on any atom is -0.486 e. The molecule has 2 N–H and O–H groups in total. The number of furan rings is 1. The molecule has 0 unspecified atom stereocenters. The fourth-order valence-electron chi connectivity index (χ4n) is 2.94. The van der Waals surface area contributed by atoms with Crippen molar-refractivity contribution < 1.29 is 28.2 Å². The average Bonchev–Trinajstić information content (AvgIpc) is 3.30. The summed E-state index contributed by atoms with van der Waals surface area (Å²) in [6.07, 6.45) is 1.58. The first-order chi connectivity index (χ1) is 14.7. The Morgan fingerprint density at radius 1 is 0.967 bits per heavy atom. The minimum atomic E-state index is -0.602. The number of esters is 1. The molecular formula is C22H20N2O6. The largest absolute Gasteiger partial charge is 0.486 e. The number of benzene rings is 2. The van der Waals surface area contributed by atoms with Gasteiger partial charge in [-0.1, -0.05) is 12.1 Å². The van der Waals surface area contributed by atoms with Gasteiger partial charge in [0.2, 0.25) is 0 Å². The van der Waals surface area contributed by atoms with Crippen LogP contribution in [0.3, 0.4) is 0 Å².